The summed E-state index contributed by atoms with van der Waals surface area (Å²) < 4.78 is 0. The number of nitrogens with two attached hydrogens (primary N) is 1. The summed E-state index contributed by atoms with van der Waals surface area (Å²) in [4.78, 5) is 0. The molecule has 1 unspecified atom stereocenters. The molecule has 1 atom stereocenters. The van der Waals surface area contributed by atoms with E-state index in [1.165, 1.54) is 48.0 Å². The Kier molecular flexibility index (Phi) is 12.7. The van der Waals surface area contributed by atoms with Crippen molar-refractivity contribution in [2.45, 2.75) is 92.5 Å². The van der Waals surface area contributed by atoms with Crippen molar-refractivity contribution in [2.75, 3.05) is 0 Å². The fraction of sp³-hybridized carbons (Fsp3) is 0.636. The maximum atomic E-state index is 5.95. The van der Waals surface area contributed by atoms with Crippen molar-refractivity contribution in [3.05, 3.63) is 46.6 Å². The Labute approximate surface area is 145 Å². The van der Waals surface area contributed by atoms with Gasteiger partial charge in [-0.2, -0.15) is 0 Å². The number of allylic oxidation sites excluding steroid dienone is 7. The molecule has 1 nitrogen and oxygen atoms in total. The first kappa shape index (κ1) is 21.9. The van der Waals surface area contributed by atoms with Crippen LogP contribution in [-0.2, 0) is 0 Å². The molecule has 0 radical (unpaired) electrons. The Hall–Kier alpha value is -1.08. The zero-order chi connectivity index (χ0) is 17.7. The molecular weight excluding hydrogens is 278 g/mol. The van der Waals surface area contributed by atoms with Crippen LogP contribution in [0.15, 0.2) is 46.6 Å². The third-order valence-corrected chi connectivity index (χ3v) is 4.12. The van der Waals surface area contributed by atoms with Crippen molar-refractivity contribution in [3.8, 4) is 0 Å². The Morgan fingerprint density at radius 1 is 0.739 bits per heavy atom. The predicted octanol–water partition coefficient (Wildman–Crippen LogP) is 6.87. The molecule has 0 bridgehead atoms. The first-order valence-electron chi connectivity index (χ1n) is 9.22. The van der Waals surface area contributed by atoms with E-state index in [2.05, 4.69) is 65.8 Å². The van der Waals surface area contributed by atoms with E-state index in [1.807, 2.05) is 0 Å². The Morgan fingerprint density at radius 2 is 1.17 bits per heavy atom. The van der Waals surface area contributed by atoms with Crippen LogP contribution in [0, 0.1) is 0 Å². The summed E-state index contributed by atoms with van der Waals surface area (Å²) in [6.45, 7) is 13.2. The van der Waals surface area contributed by atoms with Crippen molar-refractivity contribution in [1.82, 2.24) is 0 Å². The standard InChI is InChI=1S/C22H39N/c1-7-22(23)17-21(6)16-10-15-20(5)14-9-13-19(4)12-8-11-18(2)3/h11,13,15,17,22H,7-10,12,14,16,23H2,1-6H3/b19-13+,20-15+,21-17+. The van der Waals surface area contributed by atoms with Crippen molar-refractivity contribution < 1.29 is 0 Å². The first-order valence-corrected chi connectivity index (χ1v) is 9.22. The van der Waals surface area contributed by atoms with E-state index in [0.29, 0.717) is 0 Å². The zero-order valence-electron chi connectivity index (χ0n) is 16.4. The van der Waals surface area contributed by atoms with Crippen molar-refractivity contribution >= 4 is 0 Å². The summed E-state index contributed by atoms with van der Waals surface area (Å²) in [6.07, 6.45) is 17.3. The van der Waals surface area contributed by atoms with Gasteiger partial charge in [-0.3, -0.25) is 0 Å². The largest absolute Gasteiger partial charge is 0.324 e. The van der Waals surface area contributed by atoms with E-state index in [4.69, 9.17) is 5.73 Å². The van der Waals surface area contributed by atoms with Gasteiger partial charge < -0.3 is 5.73 Å². The van der Waals surface area contributed by atoms with Gasteiger partial charge in [-0.25, -0.2) is 0 Å². The van der Waals surface area contributed by atoms with E-state index in [0.717, 1.165) is 19.3 Å². The lowest BCUT2D eigenvalue weighted by Crippen LogP contribution is -2.15. The molecule has 0 spiro atoms. The lowest BCUT2D eigenvalue weighted by atomic mass is 10.0. The molecule has 0 saturated heterocycles. The van der Waals surface area contributed by atoms with Gasteiger partial charge in [0.05, 0.1) is 0 Å². The lowest BCUT2D eigenvalue weighted by Gasteiger charge is -2.05. The second kappa shape index (κ2) is 13.4. The smallest absolute Gasteiger partial charge is 0.0223 e. The minimum atomic E-state index is 0.222. The second-order valence-corrected chi connectivity index (χ2v) is 7.08. The molecule has 2 N–H and O–H groups in total. The summed E-state index contributed by atoms with van der Waals surface area (Å²) in [5.74, 6) is 0. The highest BCUT2D eigenvalue weighted by molar-refractivity contribution is 5.08. The normalized spacial score (nSPS) is 14.8. The average Bonchev–Trinajstić information content (AvgIpc) is 2.46. The fourth-order valence-electron chi connectivity index (χ4n) is 2.45. The molecule has 0 rings (SSSR count). The SMILES string of the molecule is CCC(N)/C=C(\C)CC/C=C(\C)CC/C=C(\C)CCC=C(C)C. The molecular formula is C22H39N. The van der Waals surface area contributed by atoms with Crippen molar-refractivity contribution in [3.63, 3.8) is 0 Å². The van der Waals surface area contributed by atoms with E-state index < -0.39 is 0 Å². The highest BCUT2D eigenvalue weighted by atomic mass is 14.6. The number of hydrogen-bond donors (Lipinski definition) is 1. The summed E-state index contributed by atoms with van der Waals surface area (Å²) in [5, 5.41) is 0. The van der Waals surface area contributed by atoms with Crippen LogP contribution in [0.4, 0.5) is 0 Å². The Balaban J connectivity index is 4.03. The minimum absolute atomic E-state index is 0.222. The highest BCUT2D eigenvalue weighted by Crippen LogP contribution is 2.13. The zero-order valence-corrected chi connectivity index (χ0v) is 16.4. The van der Waals surface area contributed by atoms with Gasteiger partial charge in [0.25, 0.3) is 0 Å². The molecule has 0 fully saturated rings. The van der Waals surface area contributed by atoms with E-state index in [-0.39, 0.29) is 6.04 Å². The monoisotopic (exact) mass is 317 g/mol. The van der Waals surface area contributed by atoms with Gasteiger partial charge in [0.15, 0.2) is 0 Å². The average molecular weight is 318 g/mol. The molecule has 23 heavy (non-hydrogen) atoms. The minimum Gasteiger partial charge on any atom is -0.324 e. The van der Waals surface area contributed by atoms with Crippen LogP contribution in [0.5, 0.6) is 0 Å². The molecule has 0 aliphatic carbocycles. The molecule has 0 heterocycles. The van der Waals surface area contributed by atoms with Crippen LogP contribution < -0.4 is 5.73 Å². The quantitative estimate of drug-likeness (QED) is 0.413. The second-order valence-electron chi connectivity index (χ2n) is 7.08. The predicted molar refractivity (Wildman–Crippen MR) is 107 cm³/mol. The first-order chi connectivity index (χ1) is 10.8. The van der Waals surface area contributed by atoms with Gasteiger partial charge in [-0.05, 0) is 79.6 Å². The van der Waals surface area contributed by atoms with Crippen LogP contribution in [0.1, 0.15) is 86.5 Å². The molecule has 0 aromatic heterocycles. The number of hydrogen-bond acceptors (Lipinski definition) is 1. The molecule has 0 amide bonds. The van der Waals surface area contributed by atoms with E-state index in [1.54, 1.807) is 0 Å². The van der Waals surface area contributed by atoms with Gasteiger partial charge in [0.2, 0.25) is 0 Å². The summed E-state index contributed by atoms with van der Waals surface area (Å²) in [7, 11) is 0. The van der Waals surface area contributed by atoms with Crippen LogP contribution in [0.25, 0.3) is 0 Å². The van der Waals surface area contributed by atoms with Crippen LogP contribution >= 0.6 is 0 Å². The van der Waals surface area contributed by atoms with Crippen LogP contribution in [0.3, 0.4) is 0 Å². The molecule has 0 aromatic rings. The molecule has 132 valence electrons. The third-order valence-electron chi connectivity index (χ3n) is 4.12. The van der Waals surface area contributed by atoms with Gasteiger partial charge in [0, 0.05) is 6.04 Å². The fourth-order valence-corrected chi connectivity index (χ4v) is 2.45. The maximum Gasteiger partial charge on any atom is 0.0223 e. The van der Waals surface area contributed by atoms with Gasteiger partial charge in [0.1, 0.15) is 0 Å². The van der Waals surface area contributed by atoms with Gasteiger partial charge >= 0.3 is 0 Å². The van der Waals surface area contributed by atoms with Crippen LogP contribution in [-0.4, -0.2) is 6.04 Å². The topological polar surface area (TPSA) is 26.0 Å². The molecule has 1 heteroatoms. The Morgan fingerprint density at radius 3 is 1.61 bits per heavy atom. The molecule has 0 saturated carbocycles. The summed E-state index contributed by atoms with van der Waals surface area (Å²) in [5.41, 5.74) is 11.8. The van der Waals surface area contributed by atoms with Crippen LogP contribution in [0.2, 0.25) is 0 Å². The van der Waals surface area contributed by atoms with Crippen molar-refractivity contribution in [1.29, 1.82) is 0 Å². The summed E-state index contributed by atoms with van der Waals surface area (Å²) in [6, 6.07) is 0.222. The molecule has 0 aliphatic heterocycles. The van der Waals surface area contributed by atoms with Gasteiger partial charge in [-0.1, -0.05) is 53.5 Å². The number of rotatable bonds is 11. The molecule has 0 aliphatic rings. The third kappa shape index (κ3) is 14.3. The highest BCUT2D eigenvalue weighted by Gasteiger charge is 1.96. The molecule has 0 aromatic carbocycles. The van der Waals surface area contributed by atoms with Crippen molar-refractivity contribution in [2.24, 2.45) is 5.73 Å². The van der Waals surface area contributed by atoms with E-state index in [9.17, 15) is 0 Å². The van der Waals surface area contributed by atoms with E-state index >= 15 is 0 Å². The lowest BCUT2D eigenvalue weighted by molar-refractivity contribution is 0.768. The summed E-state index contributed by atoms with van der Waals surface area (Å²) >= 11 is 0. The Bertz CT molecular complexity index is 431. The maximum absolute atomic E-state index is 5.95. The van der Waals surface area contributed by atoms with Gasteiger partial charge in [-0.15, -0.1) is 0 Å².